The molecule has 1 N–H and O–H groups in total. The lowest BCUT2D eigenvalue weighted by Crippen LogP contribution is -2.50. The summed E-state index contributed by atoms with van der Waals surface area (Å²) in [6, 6.07) is 4.02. The summed E-state index contributed by atoms with van der Waals surface area (Å²) in [5.74, 6) is 2.44. The maximum Gasteiger partial charge on any atom is 0.257 e. The van der Waals surface area contributed by atoms with Crippen LogP contribution in [-0.2, 0) is 0 Å². The van der Waals surface area contributed by atoms with Gasteiger partial charge in [-0.1, -0.05) is 0 Å². The molecule has 1 fully saturated rings. The van der Waals surface area contributed by atoms with Crippen molar-refractivity contribution in [2.45, 2.75) is 25.8 Å². The Morgan fingerprint density at radius 3 is 2.61 bits per heavy atom. The molecule has 3 heterocycles. The molecule has 0 bridgehead atoms. The number of ether oxygens (including phenoxy) is 3. The van der Waals surface area contributed by atoms with Gasteiger partial charge in [-0.3, -0.25) is 0 Å². The fourth-order valence-electron chi connectivity index (χ4n) is 3.36. The Kier molecular flexibility index (Phi) is 9.11. The topological polar surface area (TPSA) is 84.9 Å². The number of anilines is 1. The highest BCUT2D eigenvalue weighted by molar-refractivity contribution is 5.49. The molecule has 2 aromatic rings. The first kappa shape index (κ1) is 23.0. The van der Waals surface area contributed by atoms with Crippen LogP contribution in [0.2, 0.25) is 0 Å². The third-order valence-electron chi connectivity index (χ3n) is 4.97. The summed E-state index contributed by atoms with van der Waals surface area (Å²) in [5.41, 5.74) is 0. The molecule has 9 nitrogen and oxygen atoms in total. The lowest BCUT2D eigenvalue weighted by molar-refractivity contribution is 0.199. The zero-order valence-corrected chi connectivity index (χ0v) is 18.8. The van der Waals surface area contributed by atoms with Gasteiger partial charge in [-0.2, -0.15) is 0 Å². The molecule has 3 rings (SSSR count). The molecule has 0 aliphatic carbocycles. The molecular weight excluding hydrogens is 396 g/mol. The molecule has 1 aliphatic rings. The highest BCUT2D eigenvalue weighted by Gasteiger charge is 2.23. The first-order valence-corrected chi connectivity index (χ1v) is 10.9. The maximum atomic E-state index is 5.91. The largest absolute Gasteiger partial charge is 0.484 e. The fourth-order valence-corrected chi connectivity index (χ4v) is 3.36. The third-order valence-corrected chi connectivity index (χ3v) is 4.97. The Morgan fingerprint density at radius 2 is 1.77 bits per heavy atom. The average Bonchev–Trinajstić information content (AvgIpc) is 2.78. The molecule has 1 saturated heterocycles. The first-order chi connectivity index (χ1) is 15.1. The molecule has 0 amide bonds. The second-order valence-corrected chi connectivity index (χ2v) is 7.79. The van der Waals surface area contributed by atoms with Crippen molar-refractivity contribution < 1.29 is 14.2 Å². The maximum absolute atomic E-state index is 5.91. The number of aromatic nitrogens is 3. The zero-order chi connectivity index (χ0) is 21.9. The van der Waals surface area contributed by atoms with E-state index in [2.05, 4.69) is 51.1 Å². The molecule has 0 radical (unpaired) electrons. The number of piperazine rings is 1. The van der Waals surface area contributed by atoms with E-state index >= 15 is 0 Å². The number of nitrogens with zero attached hydrogens (tertiary/aromatic N) is 5. The summed E-state index contributed by atoms with van der Waals surface area (Å²) in [7, 11) is 4.14. The molecule has 2 aromatic heterocycles. The van der Waals surface area contributed by atoms with Crippen LogP contribution in [0.1, 0.15) is 19.8 Å². The lowest BCUT2D eigenvalue weighted by atomic mass is 10.2. The van der Waals surface area contributed by atoms with Crippen molar-refractivity contribution in [3.63, 3.8) is 0 Å². The summed E-state index contributed by atoms with van der Waals surface area (Å²) in [5, 5.41) is 3.39. The minimum absolute atomic E-state index is 0.330. The molecular formula is C22H34N6O3. The van der Waals surface area contributed by atoms with E-state index in [1.165, 1.54) is 0 Å². The summed E-state index contributed by atoms with van der Waals surface area (Å²) in [6.45, 7) is 7.24. The number of rotatable bonds is 12. The van der Waals surface area contributed by atoms with Crippen LogP contribution in [0.4, 0.5) is 5.82 Å². The Balaban J connectivity index is 1.47. The van der Waals surface area contributed by atoms with Gasteiger partial charge in [-0.15, -0.1) is 0 Å². The van der Waals surface area contributed by atoms with E-state index in [1.807, 2.05) is 12.1 Å². The molecule has 1 atom stereocenters. The summed E-state index contributed by atoms with van der Waals surface area (Å²) in [6.07, 6.45) is 7.10. The molecule has 0 spiro atoms. The van der Waals surface area contributed by atoms with E-state index in [1.54, 1.807) is 18.6 Å². The number of pyridine rings is 1. The van der Waals surface area contributed by atoms with Crippen molar-refractivity contribution in [2.24, 2.45) is 0 Å². The van der Waals surface area contributed by atoms with Gasteiger partial charge in [-0.25, -0.2) is 15.0 Å². The van der Waals surface area contributed by atoms with Gasteiger partial charge >= 0.3 is 0 Å². The van der Waals surface area contributed by atoms with Crippen LogP contribution in [-0.4, -0.2) is 86.0 Å². The SMILES string of the molecule is C[C@@H]1CNCCN1c1nccnc1OCCOc1cccnc1OCCCCN(C)C. The smallest absolute Gasteiger partial charge is 0.257 e. The Labute approximate surface area is 184 Å². The van der Waals surface area contributed by atoms with E-state index < -0.39 is 0 Å². The molecule has 0 unspecified atom stereocenters. The zero-order valence-electron chi connectivity index (χ0n) is 18.8. The minimum Gasteiger partial charge on any atom is -0.484 e. The van der Waals surface area contributed by atoms with E-state index in [0.29, 0.717) is 43.4 Å². The number of hydrogen-bond acceptors (Lipinski definition) is 9. The van der Waals surface area contributed by atoms with Gasteiger partial charge < -0.3 is 29.3 Å². The van der Waals surface area contributed by atoms with Crippen LogP contribution in [0.3, 0.4) is 0 Å². The van der Waals surface area contributed by atoms with Crippen molar-refractivity contribution in [1.29, 1.82) is 0 Å². The molecule has 170 valence electrons. The molecule has 0 aromatic carbocycles. The van der Waals surface area contributed by atoms with E-state index in [0.717, 1.165) is 44.8 Å². The quantitative estimate of drug-likeness (QED) is 0.507. The van der Waals surface area contributed by atoms with Gasteiger partial charge in [-0.05, 0) is 52.5 Å². The van der Waals surface area contributed by atoms with E-state index in [4.69, 9.17) is 14.2 Å². The standard InChI is InChI=1S/C22H34N6O3/c1-18-17-23-11-13-28(18)20-22(26-10-9-24-20)31-16-15-29-19-7-6-8-25-21(19)30-14-5-4-12-27(2)3/h6-10,18,23H,4-5,11-17H2,1-3H3/t18-/m1/s1. The van der Waals surface area contributed by atoms with Crippen LogP contribution in [0, 0.1) is 0 Å². The van der Waals surface area contributed by atoms with Gasteiger partial charge in [0.2, 0.25) is 0 Å². The second-order valence-electron chi connectivity index (χ2n) is 7.79. The Hall–Kier alpha value is -2.65. The van der Waals surface area contributed by atoms with Crippen molar-refractivity contribution in [3.8, 4) is 17.5 Å². The molecule has 0 saturated carbocycles. The summed E-state index contributed by atoms with van der Waals surface area (Å²) in [4.78, 5) is 17.6. The van der Waals surface area contributed by atoms with Crippen molar-refractivity contribution in [1.82, 2.24) is 25.2 Å². The monoisotopic (exact) mass is 430 g/mol. The van der Waals surface area contributed by atoms with E-state index in [9.17, 15) is 0 Å². The van der Waals surface area contributed by atoms with Crippen LogP contribution < -0.4 is 24.4 Å². The predicted octanol–water partition coefficient (Wildman–Crippen LogP) is 1.85. The van der Waals surface area contributed by atoms with Crippen LogP contribution in [0.5, 0.6) is 17.5 Å². The molecule has 1 aliphatic heterocycles. The Morgan fingerprint density at radius 1 is 1.00 bits per heavy atom. The van der Waals surface area contributed by atoms with Crippen LogP contribution >= 0.6 is 0 Å². The van der Waals surface area contributed by atoms with Gasteiger partial charge in [0.25, 0.3) is 11.8 Å². The van der Waals surface area contributed by atoms with Gasteiger partial charge in [0.05, 0.1) is 6.61 Å². The van der Waals surface area contributed by atoms with Crippen LogP contribution in [0.25, 0.3) is 0 Å². The second kappa shape index (κ2) is 12.3. The number of hydrogen-bond donors (Lipinski definition) is 1. The fraction of sp³-hybridized carbons (Fsp3) is 0.591. The lowest BCUT2D eigenvalue weighted by Gasteiger charge is -2.35. The predicted molar refractivity (Wildman–Crippen MR) is 120 cm³/mol. The number of nitrogens with one attached hydrogen (secondary N) is 1. The molecule has 31 heavy (non-hydrogen) atoms. The van der Waals surface area contributed by atoms with Gasteiger partial charge in [0.15, 0.2) is 11.6 Å². The Bertz CT molecular complexity index is 791. The van der Waals surface area contributed by atoms with Crippen molar-refractivity contribution >= 4 is 5.82 Å². The highest BCUT2D eigenvalue weighted by Crippen LogP contribution is 2.26. The van der Waals surface area contributed by atoms with Gasteiger partial charge in [0, 0.05) is 44.3 Å². The van der Waals surface area contributed by atoms with Gasteiger partial charge in [0.1, 0.15) is 13.2 Å². The summed E-state index contributed by atoms with van der Waals surface area (Å²) >= 11 is 0. The highest BCUT2D eigenvalue weighted by atomic mass is 16.5. The van der Waals surface area contributed by atoms with Crippen molar-refractivity contribution in [2.75, 3.05) is 65.0 Å². The van der Waals surface area contributed by atoms with E-state index in [-0.39, 0.29) is 0 Å². The normalized spacial score (nSPS) is 16.4. The minimum atomic E-state index is 0.330. The van der Waals surface area contributed by atoms with Crippen molar-refractivity contribution in [3.05, 3.63) is 30.7 Å². The van der Waals surface area contributed by atoms with Crippen LogP contribution in [0.15, 0.2) is 30.7 Å². The number of unbranched alkanes of at least 4 members (excludes halogenated alkanes) is 1. The molecule has 9 heteroatoms. The third kappa shape index (κ3) is 7.22. The average molecular weight is 431 g/mol. The summed E-state index contributed by atoms with van der Waals surface area (Å²) < 4.78 is 17.6. The first-order valence-electron chi connectivity index (χ1n) is 10.9.